The number of nitrogens with one attached hydrogen (secondary N) is 1. The first-order valence-corrected chi connectivity index (χ1v) is 9.70. The molecule has 7 heteroatoms. The molecule has 1 aromatic heterocycles. The van der Waals surface area contributed by atoms with Gasteiger partial charge in [0.25, 0.3) is 0 Å². The Morgan fingerprint density at radius 3 is 2.77 bits per heavy atom. The summed E-state index contributed by atoms with van der Waals surface area (Å²) in [7, 11) is 0. The third-order valence-electron chi connectivity index (χ3n) is 3.76. The van der Waals surface area contributed by atoms with Crippen molar-refractivity contribution in [2.45, 2.75) is 18.6 Å². The van der Waals surface area contributed by atoms with Gasteiger partial charge in [-0.05, 0) is 36.2 Å². The number of hydrogen-bond donors (Lipinski definition) is 1. The molecule has 26 heavy (non-hydrogen) atoms. The Labute approximate surface area is 166 Å². The van der Waals surface area contributed by atoms with Crippen LogP contribution in [0.3, 0.4) is 0 Å². The van der Waals surface area contributed by atoms with Crippen LogP contribution in [0.15, 0.2) is 60.0 Å². The van der Waals surface area contributed by atoms with E-state index in [0.29, 0.717) is 22.3 Å². The average Bonchev–Trinajstić information content (AvgIpc) is 3.05. The van der Waals surface area contributed by atoms with Crippen LogP contribution in [0.25, 0.3) is 0 Å². The number of aromatic nitrogens is 2. The van der Waals surface area contributed by atoms with E-state index in [4.69, 9.17) is 23.2 Å². The summed E-state index contributed by atoms with van der Waals surface area (Å²) in [5.74, 6) is 0.146. The molecule has 2 aromatic carbocycles. The van der Waals surface area contributed by atoms with Gasteiger partial charge in [-0.2, -0.15) is 0 Å². The summed E-state index contributed by atoms with van der Waals surface area (Å²) in [5.41, 5.74) is 2.67. The molecule has 0 saturated heterocycles. The second kappa shape index (κ2) is 8.62. The quantitative estimate of drug-likeness (QED) is 0.567. The Morgan fingerprint density at radius 1 is 1.19 bits per heavy atom. The molecule has 0 fully saturated rings. The van der Waals surface area contributed by atoms with Crippen LogP contribution in [-0.4, -0.2) is 21.2 Å². The molecule has 3 rings (SSSR count). The third kappa shape index (κ3) is 4.81. The van der Waals surface area contributed by atoms with Crippen LogP contribution < -0.4 is 5.32 Å². The molecule has 0 aliphatic rings. The smallest absolute Gasteiger partial charge is 0.234 e. The molecule has 134 valence electrons. The number of hydrogen-bond acceptors (Lipinski definition) is 3. The SMILES string of the molecule is Cc1ccc(NC(=O)CSc2nccn2Cc2ccccc2Cl)cc1Cl. The highest BCUT2D eigenvalue weighted by Crippen LogP contribution is 2.22. The normalized spacial score (nSPS) is 10.7. The number of imidazole rings is 1. The van der Waals surface area contributed by atoms with E-state index in [1.165, 1.54) is 11.8 Å². The molecule has 0 saturated carbocycles. The molecule has 0 aliphatic heterocycles. The Hall–Kier alpha value is -1.95. The largest absolute Gasteiger partial charge is 0.325 e. The molecule has 0 spiro atoms. The van der Waals surface area contributed by atoms with Gasteiger partial charge in [0, 0.05) is 28.1 Å². The number of carbonyl (C=O) groups is 1. The van der Waals surface area contributed by atoms with Crippen LogP contribution in [0.4, 0.5) is 5.69 Å². The van der Waals surface area contributed by atoms with E-state index in [2.05, 4.69) is 10.3 Å². The summed E-state index contributed by atoms with van der Waals surface area (Å²) in [6.07, 6.45) is 3.60. The summed E-state index contributed by atoms with van der Waals surface area (Å²) < 4.78 is 1.97. The first-order chi connectivity index (χ1) is 12.5. The molecule has 3 aromatic rings. The van der Waals surface area contributed by atoms with Gasteiger partial charge in [-0.3, -0.25) is 4.79 Å². The Kier molecular flexibility index (Phi) is 6.25. The van der Waals surface area contributed by atoms with Gasteiger partial charge in [0.15, 0.2) is 5.16 Å². The maximum atomic E-state index is 12.2. The number of aryl methyl sites for hydroxylation is 1. The van der Waals surface area contributed by atoms with E-state index in [1.54, 1.807) is 12.3 Å². The molecule has 0 aliphatic carbocycles. The number of halogens is 2. The number of thioether (sulfide) groups is 1. The zero-order chi connectivity index (χ0) is 18.5. The number of rotatable bonds is 6. The molecule has 1 amide bonds. The van der Waals surface area contributed by atoms with Crippen LogP contribution >= 0.6 is 35.0 Å². The summed E-state index contributed by atoms with van der Waals surface area (Å²) >= 11 is 13.7. The Morgan fingerprint density at radius 2 is 2.00 bits per heavy atom. The zero-order valence-electron chi connectivity index (χ0n) is 14.1. The fraction of sp³-hybridized carbons (Fsp3) is 0.158. The van der Waals surface area contributed by atoms with Crippen molar-refractivity contribution in [2.75, 3.05) is 11.1 Å². The second-order valence-corrected chi connectivity index (χ2v) is 7.49. The van der Waals surface area contributed by atoms with E-state index >= 15 is 0 Å². The number of nitrogens with zero attached hydrogens (tertiary/aromatic N) is 2. The molecule has 1 N–H and O–H groups in total. The van der Waals surface area contributed by atoms with Crippen molar-refractivity contribution in [1.29, 1.82) is 0 Å². The van der Waals surface area contributed by atoms with Crippen molar-refractivity contribution in [3.63, 3.8) is 0 Å². The maximum absolute atomic E-state index is 12.2. The fourth-order valence-electron chi connectivity index (χ4n) is 2.36. The lowest BCUT2D eigenvalue weighted by molar-refractivity contribution is -0.113. The van der Waals surface area contributed by atoms with Crippen LogP contribution in [0, 0.1) is 6.92 Å². The van der Waals surface area contributed by atoms with Crippen molar-refractivity contribution < 1.29 is 4.79 Å². The number of benzene rings is 2. The van der Waals surface area contributed by atoms with Gasteiger partial charge in [0.05, 0.1) is 12.3 Å². The predicted octanol–water partition coefficient (Wildman–Crippen LogP) is 5.28. The average molecular weight is 406 g/mol. The van der Waals surface area contributed by atoms with Gasteiger partial charge in [-0.1, -0.05) is 59.2 Å². The molecule has 4 nitrogen and oxygen atoms in total. The van der Waals surface area contributed by atoms with Gasteiger partial charge in [0.1, 0.15) is 0 Å². The molecular formula is C19H17Cl2N3OS. The fourth-order valence-corrected chi connectivity index (χ4v) is 3.50. The number of carbonyl (C=O) groups excluding carboxylic acids is 1. The van der Waals surface area contributed by atoms with E-state index in [-0.39, 0.29) is 11.7 Å². The lowest BCUT2D eigenvalue weighted by Gasteiger charge is -2.09. The van der Waals surface area contributed by atoms with E-state index < -0.39 is 0 Å². The van der Waals surface area contributed by atoms with Crippen molar-refractivity contribution in [3.05, 3.63) is 76.0 Å². The molecule has 0 radical (unpaired) electrons. The first-order valence-electron chi connectivity index (χ1n) is 7.96. The maximum Gasteiger partial charge on any atom is 0.234 e. The minimum absolute atomic E-state index is 0.109. The monoisotopic (exact) mass is 405 g/mol. The topological polar surface area (TPSA) is 46.9 Å². The highest BCUT2D eigenvalue weighted by atomic mass is 35.5. The Bertz CT molecular complexity index is 927. The van der Waals surface area contributed by atoms with Crippen LogP contribution in [0.2, 0.25) is 10.0 Å². The second-order valence-electron chi connectivity index (χ2n) is 5.73. The first kappa shape index (κ1) is 18.8. The lowest BCUT2D eigenvalue weighted by Crippen LogP contribution is -2.14. The minimum atomic E-state index is -0.109. The zero-order valence-corrected chi connectivity index (χ0v) is 16.4. The van der Waals surface area contributed by atoms with Crippen LogP contribution in [-0.2, 0) is 11.3 Å². The van der Waals surface area contributed by atoms with Crippen molar-refractivity contribution in [3.8, 4) is 0 Å². The minimum Gasteiger partial charge on any atom is -0.325 e. The molecular weight excluding hydrogens is 389 g/mol. The standard InChI is InChI=1S/C19H17Cl2N3OS/c1-13-6-7-15(10-17(13)21)23-18(25)12-26-19-22-8-9-24(19)11-14-4-2-3-5-16(14)20/h2-10H,11-12H2,1H3,(H,23,25). The van der Waals surface area contributed by atoms with Crippen molar-refractivity contribution in [1.82, 2.24) is 9.55 Å². The van der Waals surface area contributed by atoms with Gasteiger partial charge in [-0.25, -0.2) is 4.98 Å². The summed E-state index contributed by atoms with van der Waals surface area (Å²) in [6.45, 7) is 2.53. The number of amides is 1. The lowest BCUT2D eigenvalue weighted by atomic mass is 10.2. The molecule has 0 bridgehead atoms. The van der Waals surface area contributed by atoms with E-state index in [1.807, 2.05) is 54.1 Å². The summed E-state index contributed by atoms with van der Waals surface area (Å²) in [6, 6.07) is 13.1. The van der Waals surface area contributed by atoms with Gasteiger partial charge in [-0.15, -0.1) is 0 Å². The van der Waals surface area contributed by atoms with E-state index in [0.717, 1.165) is 16.3 Å². The predicted molar refractivity (Wildman–Crippen MR) is 108 cm³/mol. The van der Waals surface area contributed by atoms with Gasteiger partial charge < -0.3 is 9.88 Å². The van der Waals surface area contributed by atoms with E-state index in [9.17, 15) is 4.79 Å². The Balaban J connectivity index is 1.60. The van der Waals surface area contributed by atoms with Gasteiger partial charge >= 0.3 is 0 Å². The third-order valence-corrected chi connectivity index (χ3v) is 5.54. The molecule has 0 atom stereocenters. The highest BCUT2D eigenvalue weighted by molar-refractivity contribution is 7.99. The molecule has 1 heterocycles. The summed E-state index contributed by atoms with van der Waals surface area (Å²) in [4.78, 5) is 16.5. The van der Waals surface area contributed by atoms with Crippen molar-refractivity contribution >= 4 is 46.6 Å². The van der Waals surface area contributed by atoms with Crippen molar-refractivity contribution in [2.24, 2.45) is 0 Å². The van der Waals surface area contributed by atoms with Crippen LogP contribution in [0.1, 0.15) is 11.1 Å². The van der Waals surface area contributed by atoms with Crippen LogP contribution in [0.5, 0.6) is 0 Å². The van der Waals surface area contributed by atoms with Gasteiger partial charge in [0.2, 0.25) is 5.91 Å². The molecule has 0 unspecified atom stereocenters. The highest BCUT2D eigenvalue weighted by Gasteiger charge is 2.10. The number of anilines is 1. The summed E-state index contributed by atoms with van der Waals surface area (Å²) in [5, 5.41) is 4.96.